The van der Waals surface area contributed by atoms with Gasteiger partial charge in [0.05, 0.1) is 11.6 Å². The average molecular weight is 345 g/mol. The second-order valence-electron chi connectivity index (χ2n) is 4.47. The zero-order valence-corrected chi connectivity index (χ0v) is 13.6. The Morgan fingerprint density at radius 1 is 1.38 bits per heavy atom. The molecule has 1 aromatic carbocycles. The van der Waals surface area contributed by atoms with Gasteiger partial charge in [0, 0.05) is 17.4 Å². The van der Waals surface area contributed by atoms with E-state index in [1.54, 1.807) is 54.5 Å². The lowest BCUT2D eigenvalue weighted by atomic mass is 10.1. The van der Waals surface area contributed by atoms with Gasteiger partial charge in [-0.3, -0.25) is 4.79 Å². The first-order valence-corrected chi connectivity index (χ1v) is 7.57. The summed E-state index contributed by atoms with van der Waals surface area (Å²) in [4.78, 5) is 15.8. The summed E-state index contributed by atoms with van der Waals surface area (Å²) in [5.74, 6) is -0.441. The number of carbonyl (C=O) groups excluding carboxylic acids is 1. The molecule has 0 amide bonds. The standard InChI is InChI=1S/C14H14Cl2N2O2S/c1-9(21)14(19)20-12(10-2-4-11(15)5-3-10)13(16)18-7-6-17-8-18/h2-9,12-13,21H,1H3. The fourth-order valence-electron chi connectivity index (χ4n) is 1.73. The first-order valence-electron chi connectivity index (χ1n) is 6.24. The van der Waals surface area contributed by atoms with Crippen molar-refractivity contribution in [3.63, 3.8) is 0 Å². The van der Waals surface area contributed by atoms with Crippen LogP contribution in [0.25, 0.3) is 0 Å². The van der Waals surface area contributed by atoms with E-state index in [1.165, 1.54) is 0 Å². The second kappa shape index (κ2) is 7.20. The van der Waals surface area contributed by atoms with Crippen molar-refractivity contribution in [2.45, 2.75) is 23.8 Å². The van der Waals surface area contributed by atoms with Crippen LogP contribution < -0.4 is 0 Å². The van der Waals surface area contributed by atoms with E-state index in [0.29, 0.717) is 5.02 Å². The van der Waals surface area contributed by atoms with Gasteiger partial charge < -0.3 is 9.30 Å². The van der Waals surface area contributed by atoms with Crippen LogP contribution in [0.15, 0.2) is 43.0 Å². The van der Waals surface area contributed by atoms with Crippen LogP contribution in [0, 0.1) is 0 Å². The van der Waals surface area contributed by atoms with Gasteiger partial charge in [0.2, 0.25) is 0 Å². The first kappa shape index (κ1) is 16.2. The molecule has 112 valence electrons. The van der Waals surface area contributed by atoms with Crippen molar-refractivity contribution >= 4 is 41.8 Å². The highest BCUT2D eigenvalue weighted by molar-refractivity contribution is 7.81. The Labute approximate surface area is 138 Å². The molecule has 0 spiro atoms. The number of alkyl halides is 1. The second-order valence-corrected chi connectivity index (χ2v) is 6.13. The lowest BCUT2D eigenvalue weighted by molar-refractivity contribution is -0.149. The van der Waals surface area contributed by atoms with Crippen LogP contribution in [0.1, 0.15) is 24.1 Å². The summed E-state index contributed by atoms with van der Waals surface area (Å²) in [6.45, 7) is 1.64. The molecular weight excluding hydrogens is 331 g/mol. The smallest absolute Gasteiger partial charge is 0.319 e. The van der Waals surface area contributed by atoms with E-state index < -0.39 is 22.8 Å². The van der Waals surface area contributed by atoms with Gasteiger partial charge in [-0.05, 0) is 24.6 Å². The van der Waals surface area contributed by atoms with Crippen molar-refractivity contribution in [3.05, 3.63) is 53.6 Å². The highest BCUT2D eigenvalue weighted by Gasteiger charge is 2.27. The van der Waals surface area contributed by atoms with Gasteiger partial charge in [-0.15, -0.1) is 0 Å². The summed E-state index contributed by atoms with van der Waals surface area (Å²) < 4.78 is 7.15. The van der Waals surface area contributed by atoms with E-state index in [0.717, 1.165) is 5.56 Å². The number of carbonyl (C=O) groups is 1. The van der Waals surface area contributed by atoms with Crippen molar-refractivity contribution in [2.24, 2.45) is 0 Å². The van der Waals surface area contributed by atoms with Gasteiger partial charge in [0.1, 0.15) is 5.50 Å². The summed E-state index contributed by atoms with van der Waals surface area (Å²) in [5.41, 5.74) is 0.125. The molecule has 3 atom stereocenters. The Bertz CT molecular complexity index is 588. The molecule has 0 bridgehead atoms. The van der Waals surface area contributed by atoms with Crippen LogP contribution >= 0.6 is 35.8 Å². The number of hydrogen-bond donors (Lipinski definition) is 1. The largest absolute Gasteiger partial charge is 0.453 e. The Balaban J connectivity index is 2.29. The SMILES string of the molecule is CC(S)C(=O)OC(c1ccc(Cl)cc1)C(Cl)n1ccnc1. The number of hydrogen-bond acceptors (Lipinski definition) is 4. The number of esters is 1. The Morgan fingerprint density at radius 2 is 2.05 bits per heavy atom. The molecule has 0 aliphatic rings. The number of thiol groups is 1. The number of benzene rings is 1. The molecule has 0 radical (unpaired) electrons. The maximum Gasteiger partial charge on any atom is 0.319 e. The average Bonchev–Trinajstić information content (AvgIpc) is 2.99. The normalized spacial score (nSPS) is 15.2. The molecule has 2 rings (SSSR count). The molecule has 0 saturated heterocycles. The third-order valence-corrected chi connectivity index (χ3v) is 3.76. The number of halogens is 2. The summed E-state index contributed by atoms with van der Waals surface area (Å²) >= 11 is 16.4. The first-order chi connectivity index (χ1) is 9.99. The summed E-state index contributed by atoms with van der Waals surface area (Å²) in [5, 5.41) is 0.0617. The van der Waals surface area contributed by atoms with Crippen LogP contribution in [-0.4, -0.2) is 20.8 Å². The minimum atomic E-state index is -0.666. The molecule has 1 heterocycles. The van der Waals surface area contributed by atoms with Gasteiger partial charge in [-0.1, -0.05) is 35.3 Å². The molecule has 0 aliphatic carbocycles. The number of imidazole rings is 1. The quantitative estimate of drug-likeness (QED) is 0.508. The number of nitrogens with zero attached hydrogens (tertiary/aromatic N) is 2. The third-order valence-electron chi connectivity index (χ3n) is 2.84. The molecule has 0 N–H and O–H groups in total. The van der Waals surface area contributed by atoms with E-state index in [4.69, 9.17) is 27.9 Å². The molecular formula is C14H14Cl2N2O2S. The monoisotopic (exact) mass is 344 g/mol. The highest BCUT2D eigenvalue weighted by Crippen LogP contribution is 2.34. The van der Waals surface area contributed by atoms with Gasteiger partial charge in [0.15, 0.2) is 6.10 Å². The zero-order valence-electron chi connectivity index (χ0n) is 11.2. The lowest BCUT2D eigenvalue weighted by Crippen LogP contribution is -2.23. The molecule has 2 aromatic rings. The Kier molecular flexibility index (Phi) is 5.56. The van der Waals surface area contributed by atoms with Gasteiger partial charge in [0.25, 0.3) is 0 Å². The van der Waals surface area contributed by atoms with Crippen molar-refractivity contribution in [2.75, 3.05) is 0 Å². The molecule has 0 saturated carbocycles. The molecule has 0 aliphatic heterocycles. The highest BCUT2D eigenvalue weighted by atomic mass is 35.5. The topological polar surface area (TPSA) is 44.1 Å². The summed E-state index contributed by atoms with van der Waals surface area (Å²) in [6, 6.07) is 6.99. The fourth-order valence-corrected chi connectivity index (χ4v) is 2.23. The molecule has 1 aromatic heterocycles. The van der Waals surface area contributed by atoms with Crippen LogP contribution in [-0.2, 0) is 9.53 Å². The minimum absolute atomic E-state index is 0.441. The Morgan fingerprint density at radius 3 is 2.57 bits per heavy atom. The zero-order chi connectivity index (χ0) is 15.4. The van der Waals surface area contributed by atoms with E-state index >= 15 is 0 Å². The summed E-state index contributed by atoms with van der Waals surface area (Å²) in [7, 11) is 0. The van der Waals surface area contributed by atoms with Crippen LogP contribution in [0.3, 0.4) is 0 Å². The third kappa shape index (κ3) is 4.15. The maximum absolute atomic E-state index is 11.9. The molecule has 7 heteroatoms. The van der Waals surface area contributed by atoms with Crippen LogP contribution in [0.5, 0.6) is 0 Å². The minimum Gasteiger partial charge on any atom is -0.453 e. The number of ether oxygens (including phenoxy) is 1. The van der Waals surface area contributed by atoms with Crippen LogP contribution in [0.4, 0.5) is 0 Å². The van der Waals surface area contributed by atoms with Gasteiger partial charge in [-0.25, -0.2) is 4.98 Å². The van der Waals surface area contributed by atoms with Crippen LogP contribution in [0.2, 0.25) is 5.02 Å². The number of aromatic nitrogens is 2. The van der Waals surface area contributed by atoms with E-state index in [1.807, 2.05) is 0 Å². The summed E-state index contributed by atoms with van der Waals surface area (Å²) in [6.07, 6.45) is 4.22. The molecule has 0 fully saturated rings. The van der Waals surface area contributed by atoms with Gasteiger partial charge >= 0.3 is 5.97 Å². The Hall–Kier alpha value is -1.17. The van der Waals surface area contributed by atoms with Crippen molar-refractivity contribution < 1.29 is 9.53 Å². The molecule has 3 unspecified atom stereocenters. The van der Waals surface area contributed by atoms with Crippen molar-refractivity contribution in [1.82, 2.24) is 9.55 Å². The predicted octanol–water partition coefficient (Wildman–Crippen LogP) is 3.88. The van der Waals surface area contributed by atoms with Crippen molar-refractivity contribution in [3.8, 4) is 0 Å². The molecule has 21 heavy (non-hydrogen) atoms. The fraction of sp³-hybridized carbons (Fsp3) is 0.286. The lowest BCUT2D eigenvalue weighted by Gasteiger charge is -2.24. The van der Waals surface area contributed by atoms with Gasteiger partial charge in [-0.2, -0.15) is 12.6 Å². The number of rotatable bonds is 5. The van der Waals surface area contributed by atoms with Crippen molar-refractivity contribution in [1.29, 1.82) is 0 Å². The predicted molar refractivity (Wildman–Crippen MR) is 85.9 cm³/mol. The van der Waals surface area contributed by atoms with E-state index in [-0.39, 0.29) is 0 Å². The van der Waals surface area contributed by atoms with E-state index in [9.17, 15) is 4.79 Å². The van der Waals surface area contributed by atoms with E-state index in [2.05, 4.69) is 17.6 Å². The maximum atomic E-state index is 11.9. The molecule has 4 nitrogen and oxygen atoms in total.